The van der Waals surface area contributed by atoms with E-state index >= 15 is 0 Å². The van der Waals surface area contributed by atoms with E-state index in [1.165, 1.54) is 6.08 Å². The van der Waals surface area contributed by atoms with Crippen LogP contribution in [-0.2, 0) is 0 Å². The maximum absolute atomic E-state index is 13.2. The van der Waals surface area contributed by atoms with Crippen LogP contribution in [0.1, 0.15) is 12.0 Å². The standard InChI is InChI=1S/C16H12FN/c17-14-7-1-4-12(9-10-14)15-8-2-5-13-6-3-11-18-16(13)15/h1-6,8-11H,7H2. The Morgan fingerprint density at radius 1 is 1.06 bits per heavy atom. The molecule has 0 saturated heterocycles. The second kappa shape index (κ2) is 4.57. The molecule has 1 aliphatic carbocycles. The number of nitrogens with zero attached hydrogens (tertiary/aromatic N) is 1. The Morgan fingerprint density at radius 3 is 2.89 bits per heavy atom. The van der Waals surface area contributed by atoms with E-state index in [1.54, 1.807) is 6.20 Å². The Bertz CT molecular complexity index is 675. The maximum atomic E-state index is 13.2. The van der Waals surface area contributed by atoms with Gasteiger partial charge in [-0.15, -0.1) is 0 Å². The van der Waals surface area contributed by atoms with Crippen molar-refractivity contribution >= 4 is 16.5 Å². The van der Waals surface area contributed by atoms with Crippen LogP contribution in [0.3, 0.4) is 0 Å². The van der Waals surface area contributed by atoms with Crippen molar-refractivity contribution in [1.29, 1.82) is 0 Å². The first kappa shape index (κ1) is 10.9. The lowest BCUT2D eigenvalue weighted by atomic mass is 10.0. The van der Waals surface area contributed by atoms with Crippen LogP contribution in [0.15, 0.2) is 66.7 Å². The van der Waals surface area contributed by atoms with E-state index in [9.17, 15) is 4.39 Å². The molecule has 0 fully saturated rings. The van der Waals surface area contributed by atoms with E-state index in [-0.39, 0.29) is 5.83 Å². The van der Waals surface area contributed by atoms with E-state index < -0.39 is 0 Å². The zero-order chi connectivity index (χ0) is 12.4. The molecule has 88 valence electrons. The lowest BCUT2D eigenvalue weighted by molar-refractivity contribution is 0.618. The number of para-hydroxylation sites is 1. The quantitative estimate of drug-likeness (QED) is 0.715. The van der Waals surface area contributed by atoms with Crippen LogP contribution in [0.4, 0.5) is 4.39 Å². The highest BCUT2D eigenvalue weighted by Gasteiger charge is 2.06. The second-order valence-corrected chi connectivity index (χ2v) is 4.22. The lowest BCUT2D eigenvalue weighted by Crippen LogP contribution is -1.86. The van der Waals surface area contributed by atoms with Gasteiger partial charge in [-0.1, -0.05) is 42.5 Å². The van der Waals surface area contributed by atoms with Gasteiger partial charge in [0.2, 0.25) is 0 Å². The maximum Gasteiger partial charge on any atom is 0.104 e. The summed E-state index contributed by atoms with van der Waals surface area (Å²) in [6.45, 7) is 0. The van der Waals surface area contributed by atoms with Crippen LogP contribution in [0.2, 0.25) is 0 Å². The van der Waals surface area contributed by atoms with Crippen molar-refractivity contribution in [3.8, 4) is 0 Å². The molecule has 1 aliphatic rings. The molecule has 0 spiro atoms. The van der Waals surface area contributed by atoms with Crippen LogP contribution in [0.5, 0.6) is 0 Å². The van der Waals surface area contributed by atoms with Gasteiger partial charge in [0.1, 0.15) is 5.83 Å². The highest BCUT2D eigenvalue weighted by Crippen LogP contribution is 2.26. The summed E-state index contributed by atoms with van der Waals surface area (Å²) >= 11 is 0. The minimum Gasteiger partial charge on any atom is -0.256 e. The first-order valence-electron chi connectivity index (χ1n) is 5.91. The van der Waals surface area contributed by atoms with Gasteiger partial charge in [0.15, 0.2) is 0 Å². The van der Waals surface area contributed by atoms with Gasteiger partial charge in [-0.3, -0.25) is 4.98 Å². The largest absolute Gasteiger partial charge is 0.256 e. The molecule has 2 heteroatoms. The molecule has 0 unspecified atom stereocenters. The summed E-state index contributed by atoms with van der Waals surface area (Å²) in [5, 5.41) is 1.10. The van der Waals surface area contributed by atoms with Crippen molar-refractivity contribution in [2.45, 2.75) is 6.42 Å². The molecule has 0 radical (unpaired) electrons. The van der Waals surface area contributed by atoms with E-state index in [0.717, 1.165) is 22.0 Å². The van der Waals surface area contributed by atoms with Crippen molar-refractivity contribution in [2.24, 2.45) is 0 Å². The third kappa shape index (κ3) is 1.97. The normalized spacial score (nSPS) is 15.2. The molecular formula is C16H12FN. The molecule has 0 N–H and O–H groups in total. The van der Waals surface area contributed by atoms with Crippen molar-refractivity contribution < 1.29 is 4.39 Å². The topological polar surface area (TPSA) is 12.9 Å². The van der Waals surface area contributed by atoms with Crippen LogP contribution in [0, 0.1) is 0 Å². The monoisotopic (exact) mass is 237 g/mol. The Kier molecular flexibility index (Phi) is 2.77. The number of allylic oxidation sites excluding steroid dienone is 6. The summed E-state index contributed by atoms with van der Waals surface area (Å²) in [5.41, 5.74) is 2.98. The molecule has 2 aromatic rings. The van der Waals surface area contributed by atoms with Crippen LogP contribution >= 0.6 is 0 Å². The van der Waals surface area contributed by atoms with Crippen molar-refractivity contribution in [3.63, 3.8) is 0 Å². The van der Waals surface area contributed by atoms with Gasteiger partial charge >= 0.3 is 0 Å². The highest BCUT2D eigenvalue weighted by molar-refractivity contribution is 5.93. The molecule has 1 aromatic carbocycles. The fourth-order valence-corrected chi connectivity index (χ4v) is 2.12. The summed E-state index contributed by atoms with van der Waals surface area (Å²) in [6.07, 6.45) is 9.26. The number of fused-ring (bicyclic) bond motifs is 1. The number of rotatable bonds is 1. The van der Waals surface area contributed by atoms with E-state index in [4.69, 9.17) is 0 Å². The number of hydrogen-bond donors (Lipinski definition) is 0. The number of aromatic nitrogens is 1. The molecule has 18 heavy (non-hydrogen) atoms. The Balaban J connectivity index is 2.20. The van der Waals surface area contributed by atoms with E-state index in [1.807, 2.05) is 48.6 Å². The zero-order valence-corrected chi connectivity index (χ0v) is 9.81. The molecule has 1 heterocycles. The van der Waals surface area contributed by atoms with Crippen LogP contribution < -0.4 is 0 Å². The Morgan fingerprint density at radius 2 is 1.94 bits per heavy atom. The summed E-state index contributed by atoms with van der Waals surface area (Å²) < 4.78 is 13.2. The SMILES string of the molecule is FC1=CC=C(c2cccc3cccnc23)C=CC1. The number of pyridine rings is 1. The second-order valence-electron chi connectivity index (χ2n) is 4.22. The molecule has 0 bridgehead atoms. The predicted octanol–water partition coefficient (Wildman–Crippen LogP) is 4.43. The van der Waals surface area contributed by atoms with Gasteiger partial charge in [0.25, 0.3) is 0 Å². The average molecular weight is 237 g/mol. The zero-order valence-electron chi connectivity index (χ0n) is 9.81. The first-order chi connectivity index (χ1) is 8.84. The molecule has 0 amide bonds. The predicted molar refractivity (Wildman–Crippen MR) is 72.7 cm³/mol. The van der Waals surface area contributed by atoms with Gasteiger partial charge in [0.05, 0.1) is 5.52 Å². The van der Waals surface area contributed by atoms with Crippen molar-refractivity contribution in [1.82, 2.24) is 4.98 Å². The van der Waals surface area contributed by atoms with Gasteiger partial charge in [-0.2, -0.15) is 0 Å². The van der Waals surface area contributed by atoms with E-state index in [2.05, 4.69) is 4.98 Å². The lowest BCUT2D eigenvalue weighted by Gasteiger charge is -2.05. The third-order valence-electron chi connectivity index (χ3n) is 3.00. The molecule has 0 saturated carbocycles. The summed E-state index contributed by atoms with van der Waals surface area (Å²) in [5.74, 6) is -0.116. The minimum atomic E-state index is -0.116. The number of hydrogen-bond acceptors (Lipinski definition) is 1. The number of benzene rings is 1. The summed E-state index contributed by atoms with van der Waals surface area (Å²) in [4.78, 5) is 4.42. The third-order valence-corrected chi connectivity index (χ3v) is 3.00. The van der Waals surface area contributed by atoms with Gasteiger partial charge in [0, 0.05) is 23.6 Å². The fraction of sp³-hybridized carbons (Fsp3) is 0.0625. The molecular weight excluding hydrogens is 225 g/mol. The molecule has 0 aliphatic heterocycles. The minimum absolute atomic E-state index is 0.116. The smallest absolute Gasteiger partial charge is 0.104 e. The van der Waals surface area contributed by atoms with Crippen LogP contribution in [-0.4, -0.2) is 4.98 Å². The Labute approximate surface area is 105 Å². The summed E-state index contributed by atoms with van der Waals surface area (Å²) in [7, 11) is 0. The van der Waals surface area contributed by atoms with Gasteiger partial charge in [-0.05, 0) is 17.7 Å². The molecule has 0 atom stereocenters. The molecule has 1 aromatic heterocycles. The first-order valence-corrected chi connectivity index (χ1v) is 5.91. The van der Waals surface area contributed by atoms with Crippen molar-refractivity contribution in [2.75, 3.05) is 0 Å². The van der Waals surface area contributed by atoms with Gasteiger partial charge in [-0.25, -0.2) is 4.39 Å². The van der Waals surface area contributed by atoms with Gasteiger partial charge < -0.3 is 0 Å². The molecule has 1 nitrogen and oxygen atoms in total. The Hall–Kier alpha value is -2.22. The summed E-state index contributed by atoms with van der Waals surface area (Å²) in [6, 6.07) is 10.00. The number of halogens is 1. The molecule has 3 rings (SSSR count). The fourth-order valence-electron chi connectivity index (χ4n) is 2.12. The highest BCUT2D eigenvalue weighted by atomic mass is 19.1. The van der Waals surface area contributed by atoms with E-state index in [0.29, 0.717) is 6.42 Å². The average Bonchev–Trinajstić information content (AvgIpc) is 2.63. The van der Waals surface area contributed by atoms with Crippen LogP contribution in [0.25, 0.3) is 16.5 Å². The van der Waals surface area contributed by atoms with Crippen molar-refractivity contribution in [3.05, 3.63) is 72.2 Å².